The lowest BCUT2D eigenvalue weighted by atomic mass is 9.98. The molecular weight excluding hydrogens is 96.1 g/mol. The minimum atomic E-state index is 1.22. The first-order chi connectivity index (χ1) is 3.93. The van der Waals surface area contributed by atoms with Crippen molar-refractivity contribution >= 4 is 0 Å². The molecule has 0 amide bonds. The summed E-state index contributed by atoms with van der Waals surface area (Å²) in [4.78, 5) is 0. The predicted octanol–water partition coefficient (Wildman–Crippen LogP) is 2.71. The van der Waals surface area contributed by atoms with E-state index in [0.717, 1.165) is 0 Å². The molecule has 0 nitrogen and oxygen atoms in total. The highest BCUT2D eigenvalue weighted by atomic mass is 14.0. The van der Waals surface area contributed by atoms with Crippen molar-refractivity contribution in [1.82, 2.24) is 0 Å². The van der Waals surface area contributed by atoms with E-state index in [1.165, 1.54) is 25.7 Å². The topological polar surface area (TPSA) is 0 Å². The summed E-state index contributed by atoms with van der Waals surface area (Å²) in [5.41, 5.74) is 1.55. The predicted molar refractivity (Wildman–Crippen MR) is 36.5 cm³/mol. The Bertz CT molecular complexity index is 90.2. The third-order valence-electron chi connectivity index (χ3n) is 1.63. The first kappa shape index (κ1) is 5.87. The molecule has 0 heterocycles. The number of hydrogen-bond donors (Lipinski definition) is 0. The molecule has 0 aromatic carbocycles. The maximum absolute atomic E-state index is 2.35. The summed E-state index contributed by atoms with van der Waals surface area (Å²) >= 11 is 0. The number of allylic oxidation sites excluding steroid dienone is 2. The van der Waals surface area contributed by atoms with Gasteiger partial charge in [-0.15, -0.1) is 0 Å². The van der Waals surface area contributed by atoms with E-state index in [-0.39, 0.29) is 0 Å². The lowest BCUT2D eigenvalue weighted by molar-refractivity contribution is 0.781. The van der Waals surface area contributed by atoms with Gasteiger partial charge < -0.3 is 0 Å². The van der Waals surface area contributed by atoms with Crippen LogP contribution in [0.3, 0.4) is 0 Å². The van der Waals surface area contributed by atoms with Gasteiger partial charge in [0, 0.05) is 0 Å². The number of hydrogen-bond acceptors (Lipinski definition) is 0. The minimum Gasteiger partial charge on any atom is -0.0850 e. The Morgan fingerprint density at radius 3 is 2.75 bits per heavy atom. The molecule has 0 atom stereocenters. The zero-order valence-electron chi connectivity index (χ0n) is 5.48. The zero-order valence-corrected chi connectivity index (χ0v) is 5.48. The van der Waals surface area contributed by atoms with Gasteiger partial charge in [0.25, 0.3) is 0 Å². The highest BCUT2D eigenvalue weighted by molar-refractivity contribution is 5.15. The fraction of sp³-hybridized carbons (Fsp3) is 0.625. The Hall–Kier alpha value is -0.260. The van der Waals surface area contributed by atoms with Crippen LogP contribution in [0.15, 0.2) is 11.6 Å². The average molecular weight is 109 g/mol. The van der Waals surface area contributed by atoms with Crippen molar-refractivity contribution in [3.8, 4) is 0 Å². The Morgan fingerprint density at radius 2 is 2.38 bits per heavy atom. The normalized spacial score (nSPS) is 20.4. The van der Waals surface area contributed by atoms with Crippen LogP contribution in [0.25, 0.3) is 0 Å². The molecule has 0 fully saturated rings. The fourth-order valence-corrected chi connectivity index (χ4v) is 1.06. The Labute approximate surface area is 51.6 Å². The van der Waals surface area contributed by atoms with Gasteiger partial charge in [0.05, 0.1) is 0 Å². The van der Waals surface area contributed by atoms with Crippen molar-refractivity contribution in [2.24, 2.45) is 0 Å². The smallest absolute Gasteiger partial charge is 0.0138 e. The Kier molecular flexibility index (Phi) is 2.13. The summed E-state index contributed by atoms with van der Waals surface area (Å²) in [7, 11) is 0. The molecule has 1 radical (unpaired) electrons. The third kappa shape index (κ3) is 1.36. The van der Waals surface area contributed by atoms with Gasteiger partial charge >= 0.3 is 0 Å². The first-order valence-corrected chi connectivity index (χ1v) is 3.45. The second-order valence-electron chi connectivity index (χ2n) is 2.27. The Balaban J connectivity index is 2.37. The van der Waals surface area contributed by atoms with Crippen LogP contribution < -0.4 is 0 Å². The highest BCUT2D eigenvalue weighted by Crippen LogP contribution is 2.17. The fourth-order valence-electron chi connectivity index (χ4n) is 1.06. The SMILES string of the molecule is CCC1=CCCC[CH]1. The summed E-state index contributed by atoms with van der Waals surface area (Å²) < 4.78 is 0. The highest BCUT2D eigenvalue weighted by Gasteiger charge is 1.99. The summed E-state index contributed by atoms with van der Waals surface area (Å²) in [5, 5.41) is 0. The van der Waals surface area contributed by atoms with Crippen molar-refractivity contribution in [2.45, 2.75) is 32.6 Å². The summed E-state index contributed by atoms with van der Waals surface area (Å²) in [5.74, 6) is 0. The molecule has 0 unspecified atom stereocenters. The van der Waals surface area contributed by atoms with Gasteiger partial charge in [-0.3, -0.25) is 0 Å². The molecule has 1 aliphatic carbocycles. The average Bonchev–Trinajstić information content (AvgIpc) is 1.90. The minimum absolute atomic E-state index is 1.22. The van der Waals surface area contributed by atoms with E-state index in [0.29, 0.717) is 0 Å². The lowest BCUT2D eigenvalue weighted by Crippen LogP contribution is -1.89. The van der Waals surface area contributed by atoms with Crippen LogP contribution in [0, 0.1) is 6.42 Å². The largest absolute Gasteiger partial charge is 0.0850 e. The summed E-state index contributed by atoms with van der Waals surface area (Å²) in [6.07, 6.45) is 9.90. The molecule has 0 saturated heterocycles. The molecule has 0 aromatic rings. The van der Waals surface area contributed by atoms with E-state index in [1.807, 2.05) is 0 Å². The van der Waals surface area contributed by atoms with Crippen LogP contribution in [0.4, 0.5) is 0 Å². The maximum Gasteiger partial charge on any atom is -0.0138 e. The van der Waals surface area contributed by atoms with Gasteiger partial charge in [0.15, 0.2) is 0 Å². The van der Waals surface area contributed by atoms with Crippen molar-refractivity contribution in [2.75, 3.05) is 0 Å². The molecular formula is C8H13. The molecule has 0 heteroatoms. The van der Waals surface area contributed by atoms with Gasteiger partial charge in [-0.05, 0) is 32.1 Å². The molecule has 0 aliphatic heterocycles. The van der Waals surface area contributed by atoms with E-state index < -0.39 is 0 Å². The van der Waals surface area contributed by atoms with Crippen LogP contribution in [-0.2, 0) is 0 Å². The molecule has 0 bridgehead atoms. The standard InChI is InChI=1S/C8H13/c1-2-8-6-4-3-5-7-8/h6-7H,2-5H2,1H3. The van der Waals surface area contributed by atoms with Crippen LogP contribution in [0.1, 0.15) is 32.6 Å². The van der Waals surface area contributed by atoms with Gasteiger partial charge in [0.1, 0.15) is 0 Å². The molecule has 0 saturated carbocycles. The van der Waals surface area contributed by atoms with E-state index in [9.17, 15) is 0 Å². The quantitative estimate of drug-likeness (QED) is 0.485. The number of rotatable bonds is 1. The van der Waals surface area contributed by atoms with Crippen molar-refractivity contribution in [1.29, 1.82) is 0 Å². The van der Waals surface area contributed by atoms with E-state index in [4.69, 9.17) is 0 Å². The van der Waals surface area contributed by atoms with Crippen LogP contribution >= 0.6 is 0 Å². The summed E-state index contributed by atoms with van der Waals surface area (Å²) in [6.45, 7) is 2.22. The monoisotopic (exact) mass is 109 g/mol. The van der Waals surface area contributed by atoms with E-state index in [1.54, 1.807) is 5.57 Å². The molecule has 1 rings (SSSR count). The molecule has 0 N–H and O–H groups in total. The maximum atomic E-state index is 2.35. The van der Waals surface area contributed by atoms with Crippen molar-refractivity contribution in [3.05, 3.63) is 18.1 Å². The molecule has 8 heavy (non-hydrogen) atoms. The molecule has 0 aromatic heterocycles. The van der Waals surface area contributed by atoms with E-state index in [2.05, 4.69) is 19.4 Å². The molecule has 45 valence electrons. The van der Waals surface area contributed by atoms with Gasteiger partial charge in [-0.2, -0.15) is 0 Å². The Morgan fingerprint density at radius 1 is 1.50 bits per heavy atom. The van der Waals surface area contributed by atoms with Gasteiger partial charge in [0.2, 0.25) is 0 Å². The summed E-state index contributed by atoms with van der Waals surface area (Å²) in [6, 6.07) is 0. The molecule has 1 aliphatic rings. The van der Waals surface area contributed by atoms with E-state index >= 15 is 0 Å². The van der Waals surface area contributed by atoms with Gasteiger partial charge in [-0.1, -0.05) is 18.6 Å². The lowest BCUT2D eigenvalue weighted by Gasteiger charge is -2.08. The van der Waals surface area contributed by atoms with Crippen LogP contribution in [-0.4, -0.2) is 0 Å². The first-order valence-electron chi connectivity index (χ1n) is 3.45. The second-order valence-corrected chi connectivity index (χ2v) is 2.27. The van der Waals surface area contributed by atoms with Gasteiger partial charge in [-0.25, -0.2) is 0 Å². The zero-order chi connectivity index (χ0) is 5.82. The van der Waals surface area contributed by atoms with Crippen molar-refractivity contribution < 1.29 is 0 Å². The second kappa shape index (κ2) is 2.91. The van der Waals surface area contributed by atoms with Crippen LogP contribution in [0.2, 0.25) is 0 Å². The third-order valence-corrected chi connectivity index (χ3v) is 1.63. The molecule has 0 spiro atoms. The van der Waals surface area contributed by atoms with Crippen molar-refractivity contribution in [3.63, 3.8) is 0 Å². The van der Waals surface area contributed by atoms with Crippen LogP contribution in [0.5, 0.6) is 0 Å².